The number of thioether (sulfide) groups is 1. The van der Waals surface area contributed by atoms with Gasteiger partial charge in [0.1, 0.15) is 0 Å². The largest absolute Gasteiger partial charge is 0.478 e. The van der Waals surface area contributed by atoms with Gasteiger partial charge in [0.2, 0.25) is 5.91 Å². The van der Waals surface area contributed by atoms with Gasteiger partial charge in [-0.3, -0.25) is 4.79 Å². The molecule has 2 fully saturated rings. The minimum absolute atomic E-state index is 0.168. The summed E-state index contributed by atoms with van der Waals surface area (Å²) in [4.78, 5) is 25.1. The van der Waals surface area contributed by atoms with E-state index in [2.05, 4.69) is 0 Å². The van der Waals surface area contributed by atoms with Gasteiger partial charge in [-0.15, -0.1) is 11.8 Å². The third-order valence-electron chi connectivity index (χ3n) is 5.63. The molecule has 0 radical (unpaired) electrons. The van der Waals surface area contributed by atoms with Gasteiger partial charge in [-0.2, -0.15) is 0 Å². The molecule has 1 saturated carbocycles. The number of carbonyl (C=O) groups is 2. The Hall–Kier alpha value is -1.79. The second-order valence-corrected chi connectivity index (χ2v) is 8.94. The van der Waals surface area contributed by atoms with Gasteiger partial charge in [0.05, 0.1) is 22.3 Å². The molecule has 0 aromatic heterocycles. The Morgan fingerprint density at radius 2 is 1.93 bits per heavy atom. The average Bonchev–Trinajstić information content (AvgIpc) is 3.03. The molecule has 6 heteroatoms. The molecule has 2 aliphatic rings. The summed E-state index contributed by atoms with van der Waals surface area (Å²) in [6.45, 7) is 0.562. The Labute approximate surface area is 170 Å². The van der Waals surface area contributed by atoms with E-state index in [-0.39, 0.29) is 11.3 Å². The van der Waals surface area contributed by atoms with Gasteiger partial charge >= 0.3 is 5.97 Å². The first-order valence-corrected chi connectivity index (χ1v) is 11.2. The van der Waals surface area contributed by atoms with Crippen molar-refractivity contribution in [2.45, 2.75) is 62.3 Å². The molecule has 1 atom stereocenters. The summed E-state index contributed by atoms with van der Waals surface area (Å²) < 4.78 is 0. The van der Waals surface area contributed by atoms with E-state index in [1.165, 1.54) is 6.42 Å². The van der Waals surface area contributed by atoms with Crippen LogP contribution in [0.3, 0.4) is 0 Å². The van der Waals surface area contributed by atoms with Gasteiger partial charge < -0.3 is 15.1 Å². The number of benzene rings is 1. The van der Waals surface area contributed by atoms with Gasteiger partial charge in [-0.1, -0.05) is 43.5 Å². The van der Waals surface area contributed by atoms with Gasteiger partial charge in [0.15, 0.2) is 0 Å². The van der Waals surface area contributed by atoms with Gasteiger partial charge in [0, 0.05) is 6.54 Å². The lowest BCUT2D eigenvalue weighted by Crippen LogP contribution is -2.34. The highest BCUT2D eigenvalue weighted by Gasteiger charge is 2.31. The lowest BCUT2D eigenvalue weighted by molar-refractivity contribution is -0.127. The fourth-order valence-corrected chi connectivity index (χ4v) is 5.19. The minimum atomic E-state index is -0.908. The number of carboxylic acid groups (broad SMARTS) is 1. The van der Waals surface area contributed by atoms with Crippen LogP contribution in [0, 0.1) is 0 Å². The monoisotopic (exact) mass is 403 g/mol. The van der Waals surface area contributed by atoms with Crippen molar-refractivity contribution >= 4 is 23.6 Å². The molecule has 0 bridgehead atoms. The molecule has 152 valence electrons. The van der Waals surface area contributed by atoms with Crippen LogP contribution in [0.2, 0.25) is 0 Å². The first-order valence-electron chi connectivity index (χ1n) is 10.1. The van der Waals surface area contributed by atoms with Crippen LogP contribution in [-0.2, 0) is 11.2 Å². The quantitative estimate of drug-likeness (QED) is 0.645. The maximum atomic E-state index is 12.2. The summed E-state index contributed by atoms with van der Waals surface area (Å²) in [5.41, 5.74) is 0.731. The van der Waals surface area contributed by atoms with Crippen molar-refractivity contribution in [2.75, 3.05) is 12.3 Å². The number of aliphatic hydroxyl groups is 1. The molecule has 1 aliphatic heterocycles. The molecule has 2 N–H and O–H groups in total. The SMILES string of the molecule is O=C(O)c1ccc(CCCC2SCC(=O)N2C/C=C/C2(O)CCCCC2)cc1. The van der Waals surface area contributed by atoms with Crippen molar-refractivity contribution in [1.29, 1.82) is 0 Å². The van der Waals surface area contributed by atoms with Crippen LogP contribution in [0.25, 0.3) is 0 Å². The van der Waals surface area contributed by atoms with Gasteiger partial charge in [-0.05, 0) is 49.8 Å². The van der Waals surface area contributed by atoms with Crippen LogP contribution in [0.4, 0.5) is 0 Å². The normalized spacial score (nSPS) is 22.1. The van der Waals surface area contributed by atoms with Gasteiger partial charge in [-0.25, -0.2) is 4.79 Å². The molecule has 3 rings (SSSR count). The maximum absolute atomic E-state index is 12.2. The van der Waals surface area contributed by atoms with Crippen LogP contribution in [-0.4, -0.2) is 50.3 Å². The van der Waals surface area contributed by atoms with E-state index in [0.717, 1.165) is 50.5 Å². The zero-order valence-electron chi connectivity index (χ0n) is 16.2. The summed E-state index contributed by atoms with van der Waals surface area (Å²) in [6, 6.07) is 7.00. The predicted octanol–water partition coefficient (Wildman–Crippen LogP) is 3.86. The van der Waals surface area contributed by atoms with Crippen molar-refractivity contribution in [2.24, 2.45) is 0 Å². The van der Waals surface area contributed by atoms with E-state index < -0.39 is 11.6 Å². The highest BCUT2D eigenvalue weighted by molar-refractivity contribution is 8.00. The van der Waals surface area contributed by atoms with Crippen molar-refractivity contribution in [3.63, 3.8) is 0 Å². The number of hydrogen-bond acceptors (Lipinski definition) is 4. The minimum Gasteiger partial charge on any atom is -0.478 e. The molecule has 28 heavy (non-hydrogen) atoms. The van der Waals surface area contributed by atoms with Crippen LogP contribution in [0.5, 0.6) is 0 Å². The summed E-state index contributed by atoms with van der Waals surface area (Å²) >= 11 is 1.69. The maximum Gasteiger partial charge on any atom is 0.335 e. The van der Waals surface area contributed by atoms with E-state index in [9.17, 15) is 14.7 Å². The fourth-order valence-electron chi connectivity index (χ4n) is 3.97. The van der Waals surface area contributed by atoms with Crippen molar-refractivity contribution in [3.05, 3.63) is 47.5 Å². The summed E-state index contributed by atoms with van der Waals surface area (Å²) in [7, 11) is 0. The summed E-state index contributed by atoms with van der Waals surface area (Å²) in [5, 5.41) is 19.7. The lowest BCUT2D eigenvalue weighted by atomic mass is 9.85. The molecule has 1 aliphatic carbocycles. The Balaban J connectivity index is 1.47. The first-order chi connectivity index (χ1) is 13.5. The van der Waals surface area contributed by atoms with E-state index in [1.807, 2.05) is 29.2 Å². The van der Waals surface area contributed by atoms with Crippen LogP contribution < -0.4 is 0 Å². The molecule has 1 saturated heterocycles. The predicted molar refractivity (Wildman–Crippen MR) is 111 cm³/mol. The second kappa shape index (κ2) is 9.61. The molecular weight excluding hydrogens is 374 g/mol. The van der Waals surface area contributed by atoms with Crippen molar-refractivity contribution in [3.8, 4) is 0 Å². The Kier molecular flexibility index (Phi) is 7.18. The Morgan fingerprint density at radius 3 is 2.61 bits per heavy atom. The summed E-state index contributed by atoms with van der Waals surface area (Å²) in [6.07, 6.45) is 11.6. The third-order valence-corrected chi connectivity index (χ3v) is 6.92. The van der Waals surface area contributed by atoms with E-state index >= 15 is 0 Å². The highest BCUT2D eigenvalue weighted by Crippen LogP contribution is 2.31. The number of hydrogen-bond donors (Lipinski definition) is 2. The lowest BCUT2D eigenvalue weighted by Gasteiger charge is -2.29. The summed E-state index contributed by atoms with van der Waals surface area (Å²) in [5.74, 6) is -0.217. The topological polar surface area (TPSA) is 77.8 Å². The zero-order chi connectivity index (χ0) is 20.0. The van der Waals surface area contributed by atoms with Crippen LogP contribution >= 0.6 is 11.8 Å². The molecule has 1 amide bonds. The molecule has 0 spiro atoms. The molecule has 1 aromatic carbocycles. The van der Waals surface area contributed by atoms with E-state index in [1.54, 1.807) is 23.9 Å². The number of nitrogens with zero attached hydrogens (tertiary/aromatic N) is 1. The van der Waals surface area contributed by atoms with Crippen molar-refractivity contribution < 1.29 is 19.8 Å². The van der Waals surface area contributed by atoms with Gasteiger partial charge in [0.25, 0.3) is 0 Å². The Morgan fingerprint density at radius 1 is 1.21 bits per heavy atom. The molecule has 5 nitrogen and oxygen atoms in total. The standard InChI is InChI=1S/C22H29NO4S/c24-19-16-28-20(7-4-6-17-8-10-18(11-9-17)21(25)26)23(19)15-5-14-22(27)12-2-1-3-13-22/h5,8-11,14,20,27H,1-4,6-7,12-13,15-16H2,(H,25,26)/b14-5+. The Bertz CT molecular complexity index is 710. The molecule has 1 aromatic rings. The fraction of sp³-hybridized carbons (Fsp3) is 0.545. The number of rotatable bonds is 8. The van der Waals surface area contributed by atoms with E-state index in [0.29, 0.717) is 17.9 Å². The second-order valence-electron chi connectivity index (χ2n) is 7.77. The van der Waals surface area contributed by atoms with Crippen molar-refractivity contribution in [1.82, 2.24) is 4.90 Å². The third kappa shape index (κ3) is 5.61. The van der Waals surface area contributed by atoms with E-state index in [4.69, 9.17) is 5.11 Å². The molecule has 1 heterocycles. The van der Waals surface area contributed by atoms with Crippen LogP contribution in [0.15, 0.2) is 36.4 Å². The number of aryl methyl sites for hydroxylation is 1. The molecular formula is C22H29NO4S. The van der Waals surface area contributed by atoms with Crippen LogP contribution in [0.1, 0.15) is 60.9 Å². The number of amides is 1. The zero-order valence-corrected chi connectivity index (χ0v) is 17.0. The molecule has 1 unspecified atom stereocenters. The number of carbonyl (C=O) groups excluding carboxylic acids is 1. The first kappa shape index (κ1) is 20.9. The highest BCUT2D eigenvalue weighted by atomic mass is 32.2. The smallest absolute Gasteiger partial charge is 0.335 e. The number of carboxylic acids is 1. The number of aromatic carboxylic acids is 1. The average molecular weight is 404 g/mol.